The van der Waals surface area contributed by atoms with Gasteiger partial charge in [0.15, 0.2) is 0 Å². The normalized spacial score (nSPS) is 12.1. The number of hydrogen-bond donors (Lipinski definition) is 1. The third-order valence-corrected chi connectivity index (χ3v) is 1.72. The highest BCUT2D eigenvalue weighted by Crippen LogP contribution is 2.12. The van der Waals surface area contributed by atoms with E-state index in [2.05, 4.69) is 39.2 Å². The van der Waals surface area contributed by atoms with Crippen molar-refractivity contribution in [3.8, 4) is 0 Å². The molecule has 0 heterocycles. The van der Waals surface area contributed by atoms with Gasteiger partial charge in [0.2, 0.25) is 0 Å². The molecule has 2 nitrogen and oxygen atoms in total. The van der Waals surface area contributed by atoms with Crippen LogP contribution in [0.4, 0.5) is 0 Å². The van der Waals surface area contributed by atoms with Crippen LogP contribution in [0.15, 0.2) is 12.3 Å². The smallest absolute Gasteiger partial charge is 0.0378 e. The Balaban J connectivity index is 4.07. The van der Waals surface area contributed by atoms with Gasteiger partial charge in [0.1, 0.15) is 0 Å². The van der Waals surface area contributed by atoms with Crippen molar-refractivity contribution in [1.29, 1.82) is 0 Å². The maximum absolute atomic E-state index is 5.53. The van der Waals surface area contributed by atoms with Gasteiger partial charge in [0, 0.05) is 17.8 Å². The second-order valence-electron chi connectivity index (χ2n) is 3.84. The lowest BCUT2D eigenvalue weighted by Gasteiger charge is -2.34. The van der Waals surface area contributed by atoms with E-state index >= 15 is 0 Å². The van der Waals surface area contributed by atoms with Crippen LogP contribution in [0.5, 0.6) is 0 Å². The monoisotopic (exact) mass is 156 g/mol. The third kappa shape index (κ3) is 4.04. The molecule has 0 unspecified atom stereocenters. The summed E-state index contributed by atoms with van der Waals surface area (Å²) < 4.78 is 0. The van der Waals surface area contributed by atoms with E-state index in [1.165, 1.54) is 0 Å². The van der Waals surface area contributed by atoms with Gasteiger partial charge in [-0.3, -0.25) is 4.90 Å². The van der Waals surface area contributed by atoms with Crippen molar-refractivity contribution in [3.05, 3.63) is 12.3 Å². The zero-order valence-electron chi connectivity index (χ0n) is 8.15. The molecule has 0 aromatic heterocycles. The highest BCUT2D eigenvalue weighted by molar-refractivity contribution is 4.93. The van der Waals surface area contributed by atoms with Crippen LogP contribution in [0.3, 0.4) is 0 Å². The van der Waals surface area contributed by atoms with E-state index in [1.54, 1.807) is 0 Å². The van der Waals surface area contributed by atoms with Gasteiger partial charge in [-0.15, -0.1) is 0 Å². The molecule has 2 N–H and O–H groups in total. The molecule has 0 saturated carbocycles. The fraction of sp³-hybridized carbons (Fsp3) is 0.778. The fourth-order valence-corrected chi connectivity index (χ4v) is 1.07. The van der Waals surface area contributed by atoms with Gasteiger partial charge in [-0.05, 0) is 27.3 Å². The zero-order chi connectivity index (χ0) is 9.07. The van der Waals surface area contributed by atoms with Crippen molar-refractivity contribution >= 4 is 0 Å². The van der Waals surface area contributed by atoms with Crippen molar-refractivity contribution in [2.75, 3.05) is 13.1 Å². The molecule has 11 heavy (non-hydrogen) atoms. The van der Waals surface area contributed by atoms with Gasteiger partial charge < -0.3 is 5.73 Å². The summed E-state index contributed by atoms with van der Waals surface area (Å²) in [6.45, 7) is 14.2. The Morgan fingerprint density at radius 1 is 1.45 bits per heavy atom. The maximum Gasteiger partial charge on any atom is 0.0378 e. The quantitative estimate of drug-likeness (QED) is 0.672. The average Bonchev–Trinajstić information content (AvgIpc) is 1.79. The minimum atomic E-state index is 0.192. The lowest BCUT2D eigenvalue weighted by atomic mass is 10.1. The van der Waals surface area contributed by atoms with Gasteiger partial charge >= 0.3 is 0 Å². The molecule has 66 valence electrons. The lowest BCUT2D eigenvalue weighted by Crippen LogP contribution is -2.43. The summed E-state index contributed by atoms with van der Waals surface area (Å²) in [5, 5.41) is 0. The van der Waals surface area contributed by atoms with Crippen LogP contribution in [0.25, 0.3) is 0 Å². The molecule has 0 aromatic rings. The first-order valence-electron chi connectivity index (χ1n) is 4.06. The number of nitrogens with two attached hydrogens (primary N) is 1. The summed E-state index contributed by atoms with van der Waals surface area (Å²) >= 11 is 0. The predicted octanol–water partition coefficient (Wildman–Crippen LogP) is 1.58. The predicted molar refractivity (Wildman–Crippen MR) is 50.3 cm³/mol. The van der Waals surface area contributed by atoms with Gasteiger partial charge in [0.05, 0.1) is 0 Å². The summed E-state index contributed by atoms with van der Waals surface area (Å²) in [4.78, 5) is 2.29. The molecular weight excluding hydrogens is 136 g/mol. The zero-order valence-corrected chi connectivity index (χ0v) is 8.15. The van der Waals surface area contributed by atoms with Crippen molar-refractivity contribution < 1.29 is 0 Å². The number of hydrogen-bond acceptors (Lipinski definition) is 2. The molecular formula is C9H20N2. The Morgan fingerprint density at radius 3 is 2.00 bits per heavy atom. The van der Waals surface area contributed by atoms with Gasteiger partial charge in [-0.25, -0.2) is 0 Å². The van der Waals surface area contributed by atoms with Gasteiger partial charge in [-0.2, -0.15) is 0 Å². The van der Waals surface area contributed by atoms with Crippen LogP contribution in [0, 0.1) is 0 Å². The van der Waals surface area contributed by atoms with Crippen molar-refractivity contribution in [3.63, 3.8) is 0 Å². The summed E-state index contributed by atoms with van der Waals surface area (Å²) in [6.07, 6.45) is 0. The second-order valence-corrected chi connectivity index (χ2v) is 3.84. The molecule has 0 aliphatic rings. The minimum Gasteiger partial charge on any atom is -0.401 e. The average molecular weight is 156 g/mol. The highest BCUT2D eigenvalue weighted by Gasteiger charge is 2.18. The molecule has 0 saturated heterocycles. The highest BCUT2D eigenvalue weighted by atomic mass is 15.2. The SMILES string of the molecule is C=C(N)CN(CC)C(C)(C)C. The summed E-state index contributed by atoms with van der Waals surface area (Å²) in [6, 6.07) is 0. The molecule has 2 heteroatoms. The summed E-state index contributed by atoms with van der Waals surface area (Å²) in [5.41, 5.74) is 6.46. The van der Waals surface area contributed by atoms with Crippen molar-refractivity contribution in [2.45, 2.75) is 33.2 Å². The largest absolute Gasteiger partial charge is 0.401 e. The van der Waals surface area contributed by atoms with Crippen LogP contribution in [-0.4, -0.2) is 23.5 Å². The summed E-state index contributed by atoms with van der Waals surface area (Å²) in [7, 11) is 0. The molecule has 0 aromatic carbocycles. The molecule has 0 amide bonds. The first-order chi connectivity index (χ1) is 4.88. The standard InChI is InChI=1S/C9H20N2/c1-6-11(7-8(2)10)9(3,4)5/h2,6-7,10H2,1,3-5H3. The van der Waals surface area contributed by atoms with E-state index in [4.69, 9.17) is 5.73 Å². The molecule has 0 radical (unpaired) electrons. The van der Waals surface area contributed by atoms with E-state index in [0.29, 0.717) is 0 Å². The van der Waals surface area contributed by atoms with Crippen LogP contribution in [0.1, 0.15) is 27.7 Å². The number of likely N-dealkylation sites (N-methyl/N-ethyl adjacent to an activating group) is 1. The number of nitrogens with zero attached hydrogens (tertiary/aromatic N) is 1. The van der Waals surface area contributed by atoms with Gasteiger partial charge in [-0.1, -0.05) is 13.5 Å². The Kier molecular flexibility index (Phi) is 3.59. The molecule has 0 aliphatic heterocycles. The van der Waals surface area contributed by atoms with E-state index in [-0.39, 0.29) is 5.54 Å². The Bertz CT molecular complexity index is 133. The van der Waals surface area contributed by atoms with E-state index in [9.17, 15) is 0 Å². The third-order valence-electron chi connectivity index (χ3n) is 1.72. The van der Waals surface area contributed by atoms with E-state index in [1.807, 2.05) is 0 Å². The van der Waals surface area contributed by atoms with Crippen molar-refractivity contribution in [1.82, 2.24) is 4.90 Å². The topological polar surface area (TPSA) is 29.3 Å². The first-order valence-corrected chi connectivity index (χ1v) is 4.06. The van der Waals surface area contributed by atoms with Crippen molar-refractivity contribution in [2.24, 2.45) is 5.73 Å². The van der Waals surface area contributed by atoms with Crippen LogP contribution < -0.4 is 5.73 Å². The number of rotatable bonds is 3. The van der Waals surface area contributed by atoms with E-state index < -0.39 is 0 Å². The molecule has 0 fully saturated rings. The minimum absolute atomic E-state index is 0.192. The van der Waals surface area contributed by atoms with Crippen LogP contribution >= 0.6 is 0 Å². The van der Waals surface area contributed by atoms with Crippen LogP contribution in [0.2, 0.25) is 0 Å². The molecule has 0 bridgehead atoms. The lowest BCUT2D eigenvalue weighted by molar-refractivity contribution is 0.159. The molecule has 0 spiro atoms. The Labute approximate surface area is 70.1 Å². The Morgan fingerprint density at radius 2 is 1.91 bits per heavy atom. The van der Waals surface area contributed by atoms with Crippen LogP contribution in [-0.2, 0) is 0 Å². The fourth-order valence-electron chi connectivity index (χ4n) is 1.07. The Hall–Kier alpha value is -0.500. The maximum atomic E-state index is 5.53. The molecule has 0 atom stereocenters. The van der Waals surface area contributed by atoms with E-state index in [0.717, 1.165) is 18.8 Å². The van der Waals surface area contributed by atoms with Gasteiger partial charge in [0.25, 0.3) is 0 Å². The molecule has 0 aliphatic carbocycles. The second kappa shape index (κ2) is 3.77. The molecule has 0 rings (SSSR count). The summed E-state index contributed by atoms with van der Waals surface area (Å²) in [5.74, 6) is 0. The first kappa shape index (κ1) is 10.5.